The fraction of sp³-hybridized carbons (Fsp3) is 0.273. The van der Waals surface area contributed by atoms with E-state index >= 15 is 0 Å². The van der Waals surface area contributed by atoms with Crippen LogP contribution in [0.4, 0.5) is 0 Å². The van der Waals surface area contributed by atoms with Gasteiger partial charge in [0.15, 0.2) is 0 Å². The lowest BCUT2D eigenvalue weighted by Gasteiger charge is -2.12. The molecular formula is C11H14N4O3S. The second kappa shape index (κ2) is 5.08. The molecule has 102 valence electrons. The average molecular weight is 282 g/mol. The normalized spacial score (nSPS) is 12.2. The van der Waals surface area contributed by atoms with E-state index in [1.807, 2.05) is 0 Å². The second-order valence-corrected chi connectivity index (χ2v) is 6.12. The maximum absolute atomic E-state index is 11.6. The zero-order valence-electron chi connectivity index (χ0n) is 10.5. The number of fused-ring (bicyclic) bond motifs is 1. The Labute approximate surface area is 110 Å². The number of hydrogen-bond donors (Lipinski definition) is 2. The van der Waals surface area contributed by atoms with Gasteiger partial charge in [-0.1, -0.05) is 18.2 Å². The Bertz CT molecular complexity index is 752. The average Bonchev–Trinajstić information content (AvgIpc) is 2.38. The quantitative estimate of drug-likeness (QED) is 0.813. The molecule has 19 heavy (non-hydrogen) atoms. The summed E-state index contributed by atoms with van der Waals surface area (Å²) >= 11 is 0. The molecule has 1 aromatic carbocycles. The van der Waals surface area contributed by atoms with Crippen LogP contribution >= 0.6 is 0 Å². The monoisotopic (exact) mass is 282 g/mol. The zero-order valence-corrected chi connectivity index (χ0v) is 11.4. The topological polar surface area (TPSA) is 95.2 Å². The van der Waals surface area contributed by atoms with Gasteiger partial charge < -0.3 is 0 Å². The van der Waals surface area contributed by atoms with Gasteiger partial charge in [0.25, 0.3) is 15.8 Å². The van der Waals surface area contributed by atoms with Crippen molar-refractivity contribution in [2.24, 2.45) is 0 Å². The molecule has 0 radical (unpaired) electrons. The number of benzene rings is 1. The Kier molecular flexibility index (Phi) is 3.65. The zero-order chi connectivity index (χ0) is 14.0. The molecule has 2 aromatic rings. The SMILES string of the molecule is CN(C)S(=O)(=O)NCc1n[nH]c(=O)c2ccccc12. The fourth-order valence-electron chi connectivity index (χ4n) is 1.59. The molecule has 0 fully saturated rings. The number of hydrogen-bond acceptors (Lipinski definition) is 4. The van der Waals surface area contributed by atoms with E-state index in [4.69, 9.17) is 0 Å². The van der Waals surface area contributed by atoms with Gasteiger partial charge in [-0.2, -0.15) is 22.5 Å². The molecule has 0 amide bonds. The smallest absolute Gasteiger partial charge is 0.267 e. The first-order chi connectivity index (χ1) is 8.92. The van der Waals surface area contributed by atoms with Crippen molar-refractivity contribution in [2.75, 3.05) is 14.1 Å². The highest BCUT2D eigenvalue weighted by molar-refractivity contribution is 7.87. The van der Waals surface area contributed by atoms with Crippen LogP contribution in [0.5, 0.6) is 0 Å². The van der Waals surface area contributed by atoms with Crippen LogP contribution in [0.15, 0.2) is 29.1 Å². The molecule has 0 aliphatic rings. The van der Waals surface area contributed by atoms with Gasteiger partial charge >= 0.3 is 0 Å². The number of nitrogens with zero attached hydrogens (tertiary/aromatic N) is 2. The molecule has 0 aliphatic heterocycles. The van der Waals surface area contributed by atoms with Crippen LogP contribution in [0.3, 0.4) is 0 Å². The lowest BCUT2D eigenvalue weighted by Crippen LogP contribution is -2.35. The predicted molar refractivity (Wildman–Crippen MR) is 71.8 cm³/mol. The Morgan fingerprint density at radius 2 is 1.89 bits per heavy atom. The summed E-state index contributed by atoms with van der Waals surface area (Å²) in [4.78, 5) is 11.6. The minimum Gasteiger partial charge on any atom is -0.267 e. The number of aromatic nitrogens is 2. The van der Waals surface area contributed by atoms with Gasteiger partial charge in [0.1, 0.15) is 0 Å². The highest BCUT2D eigenvalue weighted by Crippen LogP contribution is 2.12. The third-order valence-corrected chi connectivity index (χ3v) is 4.15. The molecule has 2 rings (SSSR count). The van der Waals surface area contributed by atoms with Gasteiger partial charge in [-0.05, 0) is 6.07 Å². The summed E-state index contributed by atoms with van der Waals surface area (Å²) in [6.07, 6.45) is 0. The third kappa shape index (κ3) is 2.80. The molecule has 0 unspecified atom stereocenters. The summed E-state index contributed by atoms with van der Waals surface area (Å²) in [5.41, 5.74) is 0.176. The van der Waals surface area contributed by atoms with Crippen LogP contribution in [0.2, 0.25) is 0 Å². The van der Waals surface area contributed by atoms with E-state index in [9.17, 15) is 13.2 Å². The van der Waals surface area contributed by atoms with Crippen molar-refractivity contribution in [1.82, 2.24) is 19.2 Å². The Balaban J connectivity index is 2.38. The van der Waals surface area contributed by atoms with Crippen molar-refractivity contribution in [3.63, 3.8) is 0 Å². The van der Waals surface area contributed by atoms with Gasteiger partial charge in [0, 0.05) is 19.5 Å². The Morgan fingerprint density at radius 1 is 1.26 bits per heavy atom. The molecule has 1 aromatic heterocycles. The molecule has 2 N–H and O–H groups in total. The van der Waals surface area contributed by atoms with E-state index in [2.05, 4.69) is 14.9 Å². The number of H-pyrrole nitrogens is 1. The number of rotatable bonds is 4. The van der Waals surface area contributed by atoms with Crippen molar-refractivity contribution in [1.29, 1.82) is 0 Å². The van der Waals surface area contributed by atoms with E-state index in [1.165, 1.54) is 14.1 Å². The van der Waals surface area contributed by atoms with E-state index in [0.29, 0.717) is 16.5 Å². The number of aromatic amines is 1. The van der Waals surface area contributed by atoms with E-state index in [1.54, 1.807) is 24.3 Å². The van der Waals surface area contributed by atoms with Crippen molar-refractivity contribution in [2.45, 2.75) is 6.54 Å². The van der Waals surface area contributed by atoms with Crippen molar-refractivity contribution < 1.29 is 8.42 Å². The van der Waals surface area contributed by atoms with Crippen molar-refractivity contribution >= 4 is 21.0 Å². The van der Waals surface area contributed by atoms with Crippen molar-refractivity contribution in [3.05, 3.63) is 40.3 Å². The molecule has 1 heterocycles. The van der Waals surface area contributed by atoms with Crippen molar-refractivity contribution in [3.8, 4) is 0 Å². The van der Waals surface area contributed by atoms with E-state index in [-0.39, 0.29) is 12.1 Å². The molecule has 0 saturated carbocycles. The van der Waals surface area contributed by atoms with E-state index < -0.39 is 10.2 Å². The molecule has 0 atom stereocenters. The molecule has 7 nitrogen and oxygen atoms in total. The maximum Gasteiger partial charge on any atom is 0.279 e. The first-order valence-electron chi connectivity index (χ1n) is 5.55. The number of nitrogens with one attached hydrogen (secondary N) is 2. The minimum atomic E-state index is -3.52. The van der Waals surface area contributed by atoms with Crippen LogP contribution in [-0.2, 0) is 16.8 Å². The second-order valence-electron chi connectivity index (χ2n) is 4.15. The third-order valence-electron chi connectivity index (χ3n) is 2.68. The summed E-state index contributed by atoms with van der Waals surface area (Å²) in [5, 5.41) is 7.36. The molecule has 0 saturated heterocycles. The van der Waals surface area contributed by atoms with Crippen LogP contribution in [-0.4, -0.2) is 37.0 Å². The summed E-state index contributed by atoms with van der Waals surface area (Å²) in [6, 6.07) is 6.91. The first-order valence-corrected chi connectivity index (χ1v) is 6.99. The van der Waals surface area contributed by atoms with Crippen LogP contribution in [0, 0.1) is 0 Å². The Hall–Kier alpha value is -1.77. The summed E-state index contributed by atoms with van der Waals surface area (Å²) < 4.78 is 26.7. The van der Waals surface area contributed by atoms with Gasteiger partial charge in [-0.25, -0.2) is 5.10 Å². The van der Waals surface area contributed by atoms with E-state index in [0.717, 1.165) is 4.31 Å². The molecule has 8 heteroatoms. The van der Waals surface area contributed by atoms with Crippen LogP contribution in [0.1, 0.15) is 5.69 Å². The summed E-state index contributed by atoms with van der Waals surface area (Å²) in [5.74, 6) is 0. The lowest BCUT2D eigenvalue weighted by atomic mass is 10.1. The molecule has 0 bridgehead atoms. The molecule has 0 aliphatic carbocycles. The predicted octanol–water partition coefficient (Wildman–Crippen LogP) is -0.181. The minimum absolute atomic E-state index is 0.0117. The van der Waals surface area contributed by atoms with Gasteiger partial charge in [-0.15, -0.1) is 0 Å². The van der Waals surface area contributed by atoms with Gasteiger partial charge in [0.05, 0.1) is 17.6 Å². The summed E-state index contributed by atoms with van der Waals surface area (Å²) in [7, 11) is -0.661. The lowest BCUT2D eigenvalue weighted by molar-refractivity contribution is 0.504. The van der Waals surface area contributed by atoms with Gasteiger partial charge in [0.2, 0.25) is 0 Å². The highest BCUT2D eigenvalue weighted by Gasteiger charge is 2.14. The first kappa shape index (κ1) is 13.7. The van der Waals surface area contributed by atoms with Crippen LogP contribution in [0.25, 0.3) is 10.8 Å². The Morgan fingerprint density at radius 3 is 2.53 bits per heavy atom. The summed E-state index contributed by atoms with van der Waals surface area (Å²) in [6.45, 7) is 0.0117. The maximum atomic E-state index is 11.6. The standard InChI is InChI=1S/C11H14N4O3S/c1-15(2)19(17,18)12-7-10-8-5-3-4-6-9(8)11(16)14-13-10/h3-6,12H,7H2,1-2H3,(H,14,16). The van der Waals surface area contributed by atoms with Crippen LogP contribution < -0.4 is 10.3 Å². The largest absolute Gasteiger partial charge is 0.279 e. The molecular weight excluding hydrogens is 268 g/mol. The fourth-order valence-corrected chi connectivity index (χ4v) is 2.17. The molecule has 0 spiro atoms. The van der Waals surface area contributed by atoms with Gasteiger partial charge in [-0.3, -0.25) is 4.79 Å². The highest BCUT2D eigenvalue weighted by atomic mass is 32.2.